The molecule has 2 aromatic rings. The number of pyridine rings is 1. The predicted octanol–water partition coefficient (Wildman–Crippen LogP) is 4.46. The van der Waals surface area contributed by atoms with E-state index in [4.69, 9.17) is 13.7 Å². The van der Waals surface area contributed by atoms with Crippen molar-refractivity contribution in [1.29, 1.82) is 0 Å². The maximum atomic E-state index is 8.81. The van der Waals surface area contributed by atoms with Crippen LogP contribution in [0.3, 0.4) is 0 Å². The number of rotatable bonds is 3. The second-order valence-corrected chi connectivity index (χ2v) is 17.3. The molecule has 2 rings (SSSR count). The molecule has 0 bridgehead atoms. The molecule has 0 unspecified atom stereocenters. The topological polar surface area (TPSA) is 3.88 Å². The summed E-state index contributed by atoms with van der Waals surface area (Å²) in [6.45, 7) is -6.68. The third-order valence-electron chi connectivity index (χ3n) is 3.85. The fourth-order valence-corrected chi connectivity index (χ4v) is 6.00. The Kier molecular flexibility index (Phi) is 2.29. The molecule has 0 N–H and O–H groups in total. The molecule has 0 amide bonds. The molecule has 118 valence electrons. The van der Waals surface area contributed by atoms with Crippen LogP contribution in [0.1, 0.15) is 50.0 Å². The van der Waals surface area contributed by atoms with E-state index in [0.29, 0.717) is 21.2 Å². The number of benzene rings is 1. The van der Waals surface area contributed by atoms with Gasteiger partial charge < -0.3 is 0 Å². The minimum atomic E-state index is -3.09. The molecule has 0 saturated carbocycles. The van der Waals surface area contributed by atoms with Gasteiger partial charge in [-0.05, 0) is 0 Å². The second kappa shape index (κ2) is 6.19. The van der Waals surface area contributed by atoms with Crippen molar-refractivity contribution in [3.63, 3.8) is 0 Å². The minimum absolute atomic E-state index is 0.00241. The predicted molar refractivity (Wildman–Crippen MR) is 99.6 cm³/mol. The molecule has 2 heteroatoms. The first-order valence-corrected chi connectivity index (χ1v) is 14.6. The fourth-order valence-electron chi connectivity index (χ4n) is 2.67. The number of aryl methyl sites for hydroxylation is 3. The maximum absolute atomic E-state index is 8.81. The van der Waals surface area contributed by atoms with Gasteiger partial charge in [-0.3, -0.25) is 0 Å². The van der Waals surface area contributed by atoms with E-state index in [1.54, 1.807) is 36.9 Å². The number of hydrogen-bond donors (Lipinski definition) is 0. The quantitative estimate of drug-likeness (QED) is 0.557. The van der Waals surface area contributed by atoms with Crippen LogP contribution in [0.5, 0.6) is 0 Å². The number of aromatic nitrogens is 1. The summed E-state index contributed by atoms with van der Waals surface area (Å²) in [4.78, 5) is 0. The van der Waals surface area contributed by atoms with Gasteiger partial charge in [0.2, 0.25) is 0 Å². The van der Waals surface area contributed by atoms with E-state index in [1.807, 2.05) is 17.3 Å². The van der Waals surface area contributed by atoms with Crippen molar-refractivity contribution in [2.24, 2.45) is 7.05 Å². The van der Waals surface area contributed by atoms with Crippen LogP contribution in [0.25, 0.3) is 11.3 Å². The van der Waals surface area contributed by atoms with Gasteiger partial charge in [0.1, 0.15) is 0 Å². The molecule has 0 fully saturated rings. The van der Waals surface area contributed by atoms with E-state index in [1.165, 1.54) is 12.1 Å². The zero-order chi connectivity index (χ0) is 25.1. The zero-order valence-electron chi connectivity index (χ0n) is 23.8. The van der Waals surface area contributed by atoms with Crippen LogP contribution in [0, 0.1) is 13.8 Å². The summed E-state index contributed by atoms with van der Waals surface area (Å²) in [5.41, 5.74) is 2.01. The molecule has 0 atom stereocenters. The second-order valence-electron chi connectivity index (χ2n) is 6.75. The van der Waals surface area contributed by atoms with E-state index in [0.717, 1.165) is 0 Å². The van der Waals surface area contributed by atoms with Crippen molar-refractivity contribution in [2.75, 3.05) is 0 Å². The monoisotopic (exact) mass is 368 g/mol. The molecule has 0 radical (unpaired) electrons. The van der Waals surface area contributed by atoms with Gasteiger partial charge in [0, 0.05) is 0 Å². The normalized spacial score (nSPS) is 21.0. The summed E-state index contributed by atoms with van der Waals surface area (Å²) in [6.07, 6.45) is 1.75. The Morgan fingerprint density at radius 1 is 1.18 bits per heavy atom. The summed E-state index contributed by atoms with van der Waals surface area (Å²) < 4.78 is 82.0. The summed E-state index contributed by atoms with van der Waals surface area (Å²) in [5.74, 6) is 3.26. The molecule has 1 aromatic heterocycles. The van der Waals surface area contributed by atoms with Gasteiger partial charge in [0.25, 0.3) is 0 Å². The van der Waals surface area contributed by atoms with Crippen molar-refractivity contribution in [3.8, 4) is 11.3 Å². The van der Waals surface area contributed by atoms with Gasteiger partial charge in [-0.15, -0.1) is 0 Å². The van der Waals surface area contributed by atoms with Crippen molar-refractivity contribution < 1.29 is 18.3 Å². The van der Waals surface area contributed by atoms with Gasteiger partial charge >= 0.3 is 152 Å². The molecule has 0 aliphatic carbocycles. The zero-order valence-corrected chi connectivity index (χ0v) is 15.9. The Labute approximate surface area is 152 Å². The summed E-state index contributed by atoms with van der Waals surface area (Å²) in [7, 11) is 1.78. The first kappa shape index (κ1) is 8.14. The molecule has 0 aliphatic rings. The number of nitrogens with zero attached hydrogens (tertiary/aromatic N) is 1. The molecule has 1 nitrogen and oxygen atoms in total. The van der Waals surface area contributed by atoms with Crippen LogP contribution in [-0.2, 0) is 7.05 Å². The van der Waals surface area contributed by atoms with E-state index in [9.17, 15) is 0 Å². The van der Waals surface area contributed by atoms with E-state index in [-0.39, 0.29) is 11.1 Å². The van der Waals surface area contributed by atoms with Crippen LogP contribution in [0.4, 0.5) is 0 Å². The van der Waals surface area contributed by atoms with E-state index < -0.39 is 39.7 Å². The Hall–Kier alpha value is -1.09. The third-order valence-corrected chi connectivity index (χ3v) is 8.08. The van der Waals surface area contributed by atoms with Crippen LogP contribution >= 0.6 is 0 Å². The Balaban J connectivity index is 2.95. The SMILES string of the molecule is [2H]C([2H])([2H])c1ccc(-c2cc(C([2H])(C([2H])([2H])[2H])C([2H])([2H])[2H])[c]([Ge]([CH3])([CH3])[CH3])c[n+]2C)c(C)c1. The molecule has 0 aliphatic heterocycles. The summed E-state index contributed by atoms with van der Waals surface area (Å²) >= 11 is -2.83. The standard InChI is InChI=1S/C20H30GeN/c1-14(2)18-12-20(17-10-9-15(3)11-16(17)4)22(8)13-19(18)21(5,6)7/h9-14H,1-8H3/q+1/i1D3,2D3,3D3,14D. The summed E-state index contributed by atoms with van der Waals surface area (Å²) in [5, 5.41) is 0. The average Bonchev–Trinajstić information content (AvgIpc) is 2.57. The molecule has 0 saturated heterocycles. The Morgan fingerprint density at radius 3 is 2.45 bits per heavy atom. The first-order chi connectivity index (χ1) is 14.1. The van der Waals surface area contributed by atoms with Gasteiger partial charge in [-0.2, -0.15) is 0 Å². The van der Waals surface area contributed by atoms with E-state index in [2.05, 4.69) is 0 Å². The van der Waals surface area contributed by atoms with Crippen LogP contribution < -0.4 is 8.96 Å². The van der Waals surface area contributed by atoms with Gasteiger partial charge in [-0.25, -0.2) is 0 Å². The first-order valence-electron chi connectivity index (χ1n) is 12.3. The fraction of sp³-hybridized carbons (Fsp3) is 0.450. The molecule has 1 aromatic carbocycles. The Bertz CT molecular complexity index is 999. The van der Waals surface area contributed by atoms with Gasteiger partial charge in [-0.1, -0.05) is 0 Å². The van der Waals surface area contributed by atoms with Crippen molar-refractivity contribution in [3.05, 3.63) is 47.2 Å². The van der Waals surface area contributed by atoms with Crippen molar-refractivity contribution in [1.82, 2.24) is 0 Å². The molecule has 0 spiro atoms. The van der Waals surface area contributed by atoms with Crippen LogP contribution in [-0.4, -0.2) is 13.3 Å². The van der Waals surface area contributed by atoms with Crippen molar-refractivity contribution in [2.45, 2.75) is 50.6 Å². The molecular formula is C20H30GeN+. The average molecular weight is 367 g/mol. The third kappa shape index (κ3) is 3.45. The van der Waals surface area contributed by atoms with Crippen LogP contribution in [0.2, 0.25) is 17.3 Å². The number of hydrogen-bond acceptors (Lipinski definition) is 0. The Morgan fingerprint density at radius 2 is 1.91 bits per heavy atom. The molecule has 1 heterocycles. The molecular weight excluding hydrogens is 327 g/mol. The van der Waals surface area contributed by atoms with Gasteiger partial charge in [0.15, 0.2) is 0 Å². The van der Waals surface area contributed by atoms with Gasteiger partial charge in [0.05, 0.1) is 0 Å². The van der Waals surface area contributed by atoms with Crippen molar-refractivity contribution >= 4 is 17.7 Å². The summed E-state index contributed by atoms with van der Waals surface area (Å²) in [6, 6.07) is 6.20. The van der Waals surface area contributed by atoms with E-state index >= 15 is 0 Å². The van der Waals surface area contributed by atoms with Crippen LogP contribution in [0.15, 0.2) is 30.5 Å². The molecule has 22 heavy (non-hydrogen) atoms.